The second kappa shape index (κ2) is 8.63. The number of aliphatic hydroxyl groups excluding tert-OH is 2. The van der Waals surface area contributed by atoms with Crippen molar-refractivity contribution in [3.8, 4) is 0 Å². The quantitative estimate of drug-likeness (QED) is 0.622. The molecular formula is C13H20N2O3. The third-order valence-electron chi connectivity index (χ3n) is 2.55. The number of amides is 1. The Hall–Kier alpha value is -1.43. The molecule has 1 rings (SSSR count). The van der Waals surface area contributed by atoms with Crippen molar-refractivity contribution in [2.45, 2.75) is 6.42 Å². The highest BCUT2D eigenvalue weighted by Crippen LogP contribution is 2.05. The van der Waals surface area contributed by atoms with E-state index in [9.17, 15) is 4.79 Å². The van der Waals surface area contributed by atoms with Crippen LogP contribution < -0.4 is 5.32 Å². The first-order valence-corrected chi connectivity index (χ1v) is 6.05. The Morgan fingerprint density at radius 2 is 1.67 bits per heavy atom. The van der Waals surface area contributed by atoms with Crippen LogP contribution in [0.2, 0.25) is 0 Å². The summed E-state index contributed by atoms with van der Waals surface area (Å²) in [6.07, 6.45) is 0.342. The SMILES string of the molecule is O=C(CCN(CCO)CCO)Nc1ccccc1. The second-order valence-electron chi connectivity index (χ2n) is 3.95. The zero-order valence-corrected chi connectivity index (χ0v) is 10.4. The van der Waals surface area contributed by atoms with Crippen molar-refractivity contribution < 1.29 is 15.0 Å². The number of anilines is 1. The summed E-state index contributed by atoms with van der Waals surface area (Å²) in [7, 11) is 0. The summed E-state index contributed by atoms with van der Waals surface area (Å²) < 4.78 is 0. The molecule has 1 aromatic carbocycles. The molecule has 0 radical (unpaired) electrons. The van der Waals surface area contributed by atoms with E-state index in [-0.39, 0.29) is 19.1 Å². The average Bonchev–Trinajstić information content (AvgIpc) is 2.38. The van der Waals surface area contributed by atoms with E-state index >= 15 is 0 Å². The van der Waals surface area contributed by atoms with Crippen LogP contribution in [-0.4, -0.2) is 53.9 Å². The Morgan fingerprint density at radius 1 is 1.06 bits per heavy atom. The van der Waals surface area contributed by atoms with Gasteiger partial charge in [-0.15, -0.1) is 0 Å². The second-order valence-corrected chi connectivity index (χ2v) is 3.95. The fraction of sp³-hybridized carbons (Fsp3) is 0.462. The number of hydrogen-bond acceptors (Lipinski definition) is 4. The van der Waals surface area contributed by atoms with Crippen molar-refractivity contribution in [2.24, 2.45) is 0 Å². The van der Waals surface area contributed by atoms with Crippen LogP contribution in [0.1, 0.15) is 6.42 Å². The molecule has 0 aromatic heterocycles. The van der Waals surface area contributed by atoms with Crippen molar-refractivity contribution in [2.75, 3.05) is 38.2 Å². The summed E-state index contributed by atoms with van der Waals surface area (Å²) in [5, 5.41) is 20.5. The van der Waals surface area contributed by atoms with Gasteiger partial charge in [0.1, 0.15) is 0 Å². The first kappa shape index (κ1) is 14.6. The molecule has 0 atom stereocenters. The van der Waals surface area contributed by atoms with Crippen LogP contribution in [0.15, 0.2) is 30.3 Å². The van der Waals surface area contributed by atoms with Gasteiger partial charge in [-0.1, -0.05) is 18.2 Å². The lowest BCUT2D eigenvalue weighted by Gasteiger charge is -2.19. The van der Waals surface area contributed by atoms with E-state index in [1.165, 1.54) is 0 Å². The standard InChI is InChI=1S/C13H20N2O3/c16-10-8-15(9-11-17)7-6-13(18)14-12-4-2-1-3-5-12/h1-5,16-17H,6-11H2,(H,14,18). The minimum absolute atomic E-state index is 0.0281. The molecule has 1 amide bonds. The Bertz CT molecular complexity index is 337. The molecule has 0 aliphatic carbocycles. The first-order valence-electron chi connectivity index (χ1n) is 6.05. The predicted molar refractivity (Wildman–Crippen MR) is 70.3 cm³/mol. The maximum absolute atomic E-state index is 11.7. The van der Waals surface area contributed by atoms with Gasteiger partial charge in [0.25, 0.3) is 0 Å². The number of carbonyl (C=O) groups excluding carboxylic acids is 1. The summed E-state index contributed by atoms with van der Waals surface area (Å²) in [5.74, 6) is -0.0675. The molecule has 18 heavy (non-hydrogen) atoms. The zero-order chi connectivity index (χ0) is 13.2. The minimum atomic E-state index is -0.0675. The molecule has 5 nitrogen and oxygen atoms in total. The molecule has 0 saturated heterocycles. The summed E-state index contributed by atoms with van der Waals surface area (Å²) in [5.41, 5.74) is 0.776. The van der Waals surface area contributed by atoms with Crippen LogP contribution >= 0.6 is 0 Å². The summed E-state index contributed by atoms with van der Waals surface area (Å²) in [6, 6.07) is 9.27. The molecule has 0 saturated carbocycles. The fourth-order valence-electron chi connectivity index (χ4n) is 1.62. The highest BCUT2D eigenvalue weighted by molar-refractivity contribution is 5.90. The maximum atomic E-state index is 11.7. The van der Waals surface area contributed by atoms with E-state index in [0.29, 0.717) is 26.1 Å². The van der Waals surface area contributed by atoms with Gasteiger partial charge < -0.3 is 15.5 Å². The molecule has 1 aromatic rings. The lowest BCUT2D eigenvalue weighted by Crippen LogP contribution is -2.32. The summed E-state index contributed by atoms with van der Waals surface area (Å²) in [6.45, 7) is 1.53. The normalized spacial score (nSPS) is 10.6. The van der Waals surface area contributed by atoms with Crippen molar-refractivity contribution >= 4 is 11.6 Å². The van der Waals surface area contributed by atoms with Crippen LogP contribution in [0.25, 0.3) is 0 Å². The molecule has 5 heteroatoms. The third-order valence-corrected chi connectivity index (χ3v) is 2.55. The number of benzene rings is 1. The number of aliphatic hydroxyl groups is 2. The largest absolute Gasteiger partial charge is 0.395 e. The van der Waals surface area contributed by atoms with E-state index < -0.39 is 0 Å². The number of rotatable bonds is 8. The van der Waals surface area contributed by atoms with Gasteiger partial charge in [-0.25, -0.2) is 0 Å². The van der Waals surface area contributed by atoms with Gasteiger partial charge in [-0.05, 0) is 12.1 Å². The van der Waals surface area contributed by atoms with Gasteiger partial charge >= 0.3 is 0 Å². The molecule has 0 heterocycles. The van der Waals surface area contributed by atoms with E-state index in [4.69, 9.17) is 10.2 Å². The van der Waals surface area contributed by atoms with Crippen LogP contribution in [0.3, 0.4) is 0 Å². The van der Waals surface area contributed by atoms with Crippen molar-refractivity contribution in [3.05, 3.63) is 30.3 Å². The summed E-state index contributed by atoms with van der Waals surface area (Å²) in [4.78, 5) is 13.5. The lowest BCUT2D eigenvalue weighted by molar-refractivity contribution is -0.116. The smallest absolute Gasteiger partial charge is 0.225 e. The van der Waals surface area contributed by atoms with Crippen LogP contribution in [0.5, 0.6) is 0 Å². The van der Waals surface area contributed by atoms with Crippen molar-refractivity contribution in [1.82, 2.24) is 4.90 Å². The molecule has 0 aliphatic rings. The molecule has 0 fully saturated rings. The van der Waals surface area contributed by atoms with Crippen LogP contribution in [-0.2, 0) is 4.79 Å². The third kappa shape index (κ3) is 5.77. The molecule has 100 valence electrons. The molecule has 0 bridgehead atoms. The highest BCUT2D eigenvalue weighted by atomic mass is 16.3. The monoisotopic (exact) mass is 252 g/mol. The number of carbonyl (C=O) groups is 1. The summed E-state index contributed by atoms with van der Waals surface area (Å²) >= 11 is 0. The number of nitrogens with one attached hydrogen (secondary N) is 1. The van der Waals surface area contributed by atoms with E-state index in [0.717, 1.165) is 5.69 Å². The number of para-hydroxylation sites is 1. The Labute approximate surface area is 107 Å². The maximum Gasteiger partial charge on any atom is 0.225 e. The molecule has 0 aliphatic heterocycles. The Balaban J connectivity index is 2.31. The van der Waals surface area contributed by atoms with Crippen molar-refractivity contribution in [1.29, 1.82) is 0 Å². The number of nitrogens with zero attached hydrogens (tertiary/aromatic N) is 1. The van der Waals surface area contributed by atoms with Crippen molar-refractivity contribution in [3.63, 3.8) is 0 Å². The zero-order valence-electron chi connectivity index (χ0n) is 10.4. The van der Waals surface area contributed by atoms with Crippen LogP contribution in [0.4, 0.5) is 5.69 Å². The predicted octanol–water partition coefficient (Wildman–Crippen LogP) is 0.302. The lowest BCUT2D eigenvalue weighted by atomic mass is 10.3. The van der Waals surface area contributed by atoms with Crippen LogP contribution in [0, 0.1) is 0 Å². The molecule has 0 unspecified atom stereocenters. The van der Waals surface area contributed by atoms with E-state index in [1.807, 2.05) is 35.2 Å². The average molecular weight is 252 g/mol. The highest BCUT2D eigenvalue weighted by Gasteiger charge is 2.07. The van der Waals surface area contributed by atoms with Gasteiger partial charge in [0.15, 0.2) is 0 Å². The van der Waals surface area contributed by atoms with E-state index in [1.54, 1.807) is 0 Å². The molecule has 3 N–H and O–H groups in total. The topological polar surface area (TPSA) is 72.8 Å². The Morgan fingerprint density at radius 3 is 2.22 bits per heavy atom. The molecular weight excluding hydrogens is 232 g/mol. The van der Waals surface area contributed by atoms with Gasteiger partial charge in [0.2, 0.25) is 5.91 Å². The van der Waals surface area contributed by atoms with Gasteiger partial charge in [-0.3, -0.25) is 9.69 Å². The first-order chi connectivity index (χ1) is 8.76. The van der Waals surface area contributed by atoms with E-state index in [2.05, 4.69) is 5.32 Å². The minimum Gasteiger partial charge on any atom is -0.395 e. The van der Waals surface area contributed by atoms with Gasteiger partial charge in [-0.2, -0.15) is 0 Å². The molecule has 0 spiro atoms. The number of hydrogen-bond donors (Lipinski definition) is 3. The fourth-order valence-corrected chi connectivity index (χ4v) is 1.62. The van der Waals surface area contributed by atoms with Gasteiger partial charge in [0, 0.05) is 31.7 Å². The van der Waals surface area contributed by atoms with Gasteiger partial charge in [0.05, 0.1) is 13.2 Å². The Kier molecular flexibility index (Phi) is 7.01.